The highest BCUT2D eigenvalue weighted by molar-refractivity contribution is 6.20. The van der Waals surface area contributed by atoms with Gasteiger partial charge in [0, 0.05) is 36.3 Å². The van der Waals surface area contributed by atoms with Gasteiger partial charge in [0.15, 0.2) is 0 Å². The van der Waals surface area contributed by atoms with E-state index in [1.54, 1.807) is 0 Å². The van der Waals surface area contributed by atoms with Crippen molar-refractivity contribution in [3.63, 3.8) is 0 Å². The summed E-state index contributed by atoms with van der Waals surface area (Å²) in [6, 6.07) is 0.162. The molecule has 2 aliphatic carbocycles. The van der Waals surface area contributed by atoms with Gasteiger partial charge in [-0.15, -0.1) is 11.6 Å². The second-order valence-corrected chi connectivity index (χ2v) is 8.77. The van der Waals surface area contributed by atoms with Gasteiger partial charge >= 0.3 is 0 Å². The Bertz CT molecular complexity index is 530. The molecule has 25 heavy (non-hydrogen) atoms. The summed E-state index contributed by atoms with van der Waals surface area (Å²) < 4.78 is 19.8. The van der Waals surface area contributed by atoms with Crippen molar-refractivity contribution in [1.29, 1.82) is 0 Å². The number of aliphatic hydroxyl groups is 1. The van der Waals surface area contributed by atoms with Gasteiger partial charge in [-0.3, -0.25) is 9.89 Å². The van der Waals surface area contributed by atoms with E-state index in [4.69, 9.17) is 22.1 Å². The normalized spacial score (nSPS) is 48.8. The second-order valence-electron chi connectivity index (χ2n) is 8.16. The van der Waals surface area contributed by atoms with Crippen molar-refractivity contribution >= 4 is 17.4 Å². The predicted molar refractivity (Wildman–Crippen MR) is 95.8 cm³/mol. The van der Waals surface area contributed by atoms with E-state index in [0.29, 0.717) is 38.3 Å². The molecule has 3 N–H and O–H groups in total. The molecule has 4 rings (SSSR count). The van der Waals surface area contributed by atoms with Gasteiger partial charge in [-0.2, -0.15) is 0 Å². The number of hydrogen-bond donors (Lipinski definition) is 2. The molecule has 7 heteroatoms. The van der Waals surface area contributed by atoms with Gasteiger partial charge in [0.2, 0.25) is 0 Å². The van der Waals surface area contributed by atoms with Gasteiger partial charge in [-0.05, 0) is 38.5 Å². The van der Waals surface area contributed by atoms with Crippen LogP contribution in [0.2, 0.25) is 0 Å². The van der Waals surface area contributed by atoms with Crippen LogP contribution in [0, 0.1) is 11.8 Å². The number of amidine groups is 1. The zero-order valence-electron chi connectivity index (χ0n) is 14.6. The number of aliphatic imine (C=N–C) groups is 1. The average molecular weight is 374 g/mol. The van der Waals surface area contributed by atoms with Crippen LogP contribution in [0.3, 0.4) is 0 Å². The Morgan fingerprint density at radius 2 is 1.92 bits per heavy atom. The predicted octanol–water partition coefficient (Wildman–Crippen LogP) is 1.70. The largest absolute Gasteiger partial charge is 0.385 e. The summed E-state index contributed by atoms with van der Waals surface area (Å²) >= 11 is 6.41. The Hall–Kier alpha value is -0.430. The Kier molecular flexibility index (Phi) is 4.99. The molecule has 142 valence electrons. The highest BCUT2D eigenvalue weighted by Crippen LogP contribution is 2.49. The Labute approximate surface area is 153 Å². The standard InChI is InChI=1S/C18H29ClFN3O2/c19-11-1-3-15-13(9-11)18(24,17(21)22-15)14-10-12(20)2-4-16(14)23-5-7-25-8-6-23/h11-16,24H,1-10H2,(H2,21,22). The minimum Gasteiger partial charge on any atom is -0.385 e. The number of rotatable bonds is 2. The van der Waals surface area contributed by atoms with E-state index < -0.39 is 11.8 Å². The molecule has 0 bridgehead atoms. The Morgan fingerprint density at radius 3 is 2.68 bits per heavy atom. The van der Waals surface area contributed by atoms with Crippen LogP contribution in [0.4, 0.5) is 4.39 Å². The van der Waals surface area contributed by atoms with Crippen molar-refractivity contribution in [2.24, 2.45) is 22.6 Å². The summed E-state index contributed by atoms with van der Waals surface area (Å²) in [6.45, 7) is 3.05. The Morgan fingerprint density at radius 1 is 1.16 bits per heavy atom. The van der Waals surface area contributed by atoms with Gasteiger partial charge in [-0.1, -0.05) is 0 Å². The van der Waals surface area contributed by atoms with Crippen LogP contribution in [0.25, 0.3) is 0 Å². The van der Waals surface area contributed by atoms with Crippen molar-refractivity contribution in [3.8, 4) is 0 Å². The van der Waals surface area contributed by atoms with Crippen LogP contribution in [-0.4, -0.2) is 71.4 Å². The number of halogens is 2. The molecule has 7 unspecified atom stereocenters. The maximum Gasteiger partial charge on any atom is 0.130 e. The zero-order valence-corrected chi connectivity index (χ0v) is 15.4. The van der Waals surface area contributed by atoms with Crippen LogP contribution < -0.4 is 5.73 Å². The SMILES string of the molecule is NC1=NC2CCC(Cl)CC2C1(O)C1CC(F)CCC1N1CCOCC1. The first-order chi connectivity index (χ1) is 12.0. The fraction of sp³-hybridized carbons (Fsp3) is 0.944. The smallest absolute Gasteiger partial charge is 0.130 e. The fourth-order valence-corrected chi connectivity index (χ4v) is 5.91. The van der Waals surface area contributed by atoms with Crippen molar-refractivity contribution in [2.45, 2.75) is 67.8 Å². The number of morpholine rings is 1. The lowest BCUT2D eigenvalue weighted by molar-refractivity contribution is -0.0924. The van der Waals surface area contributed by atoms with E-state index in [0.717, 1.165) is 32.4 Å². The van der Waals surface area contributed by atoms with Gasteiger partial charge in [0.1, 0.15) is 17.6 Å². The molecule has 7 atom stereocenters. The second kappa shape index (κ2) is 6.95. The maximum absolute atomic E-state index is 14.4. The van der Waals surface area contributed by atoms with E-state index in [1.165, 1.54) is 0 Å². The number of ether oxygens (including phenoxy) is 1. The van der Waals surface area contributed by atoms with Gasteiger partial charge in [0.05, 0.1) is 19.3 Å². The molecule has 0 spiro atoms. The van der Waals surface area contributed by atoms with Crippen LogP contribution in [0.5, 0.6) is 0 Å². The molecule has 0 aromatic rings. The number of fused-ring (bicyclic) bond motifs is 1. The summed E-state index contributed by atoms with van der Waals surface area (Å²) in [5, 5.41) is 11.8. The molecular formula is C18H29ClFN3O2. The van der Waals surface area contributed by atoms with E-state index >= 15 is 0 Å². The molecular weight excluding hydrogens is 345 g/mol. The first kappa shape index (κ1) is 18.0. The van der Waals surface area contributed by atoms with Crippen LogP contribution >= 0.6 is 11.6 Å². The van der Waals surface area contributed by atoms with E-state index in [9.17, 15) is 9.50 Å². The number of hydrogen-bond acceptors (Lipinski definition) is 5. The Balaban J connectivity index is 1.64. The quantitative estimate of drug-likeness (QED) is 0.723. The summed E-state index contributed by atoms with van der Waals surface area (Å²) in [6.07, 6.45) is 3.24. The molecule has 1 saturated heterocycles. The molecule has 5 nitrogen and oxygen atoms in total. The number of alkyl halides is 2. The van der Waals surface area contributed by atoms with Crippen molar-refractivity contribution < 1.29 is 14.2 Å². The highest BCUT2D eigenvalue weighted by Gasteiger charge is 2.59. The minimum absolute atomic E-state index is 0.0327. The third-order valence-corrected chi connectivity index (χ3v) is 7.26. The monoisotopic (exact) mass is 373 g/mol. The molecule has 0 radical (unpaired) electrons. The lowest BCUT2D eigenvalue weighted by Crippen LogP contribution is -2.63. The molecule has 4 aliphatic rings. The van der Waals surface area contributed by atoms with Gasteiger partial charge in [0.25, 0.3) is 0 Å². The average Bonchev–Trinajstić information content (AvgIpc) is 2.87. The lowest BCUT2D eigenvalue weighted by Gasteiger charge is -2.50. The molecule has 2 saturated carbocycles. The molecule has 0 aromatic carbocycles. The third kappa shape index (κ3) is 3.09. The third-order valence-electron chi connectivity index (χ3n) is 6.86. The first-order valence-electron chi connectivity index (χ1n) is 9.66. The highest BCUT2D eigenvalue weighted by atomic mass is 35.5. The van der Waals surface area contributed by atoms with E-state index in [-0.39, 0.29) is 29.3 Å². The molecule has 2 aliphatic heterocycles. The van der Waals surface area contributed by atoms with Crippen molar-refractivity contribution in [3.05, 3.63) is 0 Å². The maximum atomic E-state index is 14.4. The minimum atomic E-state index is -1.23. The van der Waals surface area contributed by atoms with Crippen molar-refractivity contribution in [2.75, 3.05) is 26.3 Å². The summed E-state index contributed by atoms with van der Waals surface area (Å²) in [7, 11) is 0. The zero-order chi connectivity index (χ0) is 17.6. The number of nitrogens with two attached hydrogens (primary N) is 1. The van der Waals surface area contributed by atoms with Gasteiger partial charge < -0.3 is 15.6 Å². The van der Waals surface area contributed by atoms with E-state index in [1.807, 2.05) is 0 Å². The summed E-state index contributed by atoms with van der Waals surface area (Å²) in [4.78, 5) is 6.96. The molecule has 3 fully saturated rings. The fourth-order valence-electron chi connectivity index (χ4n) is 5.59. The summed E-state index contributed by atoms with van der Waals surface area (Å²) in [5.41, 5.74) is 5.05. The first-order valence-corrected chi connectivity index (χ1v) is 10.1. The van der Waals surface area contributed by atoms with Crippen LogP contribution in [-0.2, 0) is 4.74 Å². The molecule has 0 amide bonds. The number of nitrogens with zero attached hydrogens (tertiary/aromatic N) is 2. The van der Waals surface area contributed by atoms with Gasteiger partial charge in [-0.25, -0.2) is 4.39 Å². The van der Waals surface area contributed by atoms with Crippen LogP contribution in [0.15, 0.2) is 4.99 Å². The lowest BCUT2D eigenvalue weighted by atomic mass is 9.63. The van der Waals surface area contributed by atoms with E-state index in [2.05, 4.69) is 9.89 Å². The molecule has 2 heterocycles. The summed E-state index contributed by atoms with van der Waals surface area (Å²) in [5.74, 6) is 0.00304. The molecule has 0 aromatic heterocycles. The van der Waals surface area contributed by atoms with Crippen LogP contribution in [0.1, 0.15) is 38.5 Å². The topological polar surface area (TPSA) is 71.1 Å². The van der Waals surface area contributed by atoms with Crippen molar-refractivity contribution in [1.82, 2.24) is 4.90 Å².